The number of rotatable bonds is 10. The predicted octanol–water partition coefficient (Wildman–Crippen LogP) is 3.75. The Morgan fingerprint density at radius 3 is 2.26 bits per heavy atom. The van der Waals surface area contributed by atoms with Crippen LogP contribution < -0.4 is 19.7 Å². The number of aliphatic carboxylic acids is 1. The second kappa shape index (κ2) is 11.4. The molecule has 11 heteroatoms. The molecule has 0 aliphatic carbocycles. The average molecular weight is 532 g/mol. The van der Waals surface area contributed by atoms with Gasteiger partial charge in [-0.05, 0) is 32.0 Å². The Kier molecular flexibility index (Phi) is 7.99. The fourth-order valence-corrected chi connectivity index (χ4v) is 4.45. The lowest BCUT2D eigenvalue weighted by Gasteiger charge is -2.20. The largest absolute Gasteiger partial charge is 0.496 e. The first-order valence-corrected chi connectivity index (χ1v) is 12.3. The Balaban J connectivity index is 1.67. The quantitative estimate of drug-likeness (QED) is 0.312. The van der Waals surface area contributed by atoms with Crippen molar-refractivity contribution in [2.45, 2.75) is 26.3 Å². The van der Waals surface area contributed by atoms with Crippen LogP contribution in [0.1, 0.15) is 17.1 Å². The lowest BCUT2D eigenvalue weighted by molar-refractivity contribution is -0.137. The van der Waals surface area contributed by atoms with Crippen molar-refractivity contribution in [3.8, 4) is 33.8 Å². The molecule has 2 N–H and O–H groups in total. The van der Waals surface area contributed by atoms with Crippen molar-refractivity contribution in [1.82, 2.24) is 24.7 Å². The van der Waals surface area contributed by atoms with Crippen LogP contribution in [0.3, 0.4) is 0 Å². The maximum absolute atomic E-state index is 12.4. The molecule has 1 atom stereocenters. The Morgan fingerprint density at radius 2 is 1.74 bits per heavy atom. The predicted molar refractivity (Wildman–Crippen MR) is 150 cm³/mol. The van der Waals surface area contributed by atoms with Crippen molar-refractivity contribution in [3.63, 3.8) is 0 Å². The molecular weight excluding hydrogens is 498 g/mol. The number of anilines is 2. The molecule has 4 aromatic rings. The van der Waals surface area contributed by atoms with E-state index >= 15 is 0 Å². The first-order valence-electron chi connectivity index (χ1n) is 12.3. The SMILES string of the molecule is COc1cccc(OC)c1-c1ccc(CC(Nc2nc(N(C)C)ncc2-c2c(C)nn(C)c2C)C(=O)O)nc1. The number of carboxylic acids is 1. The molecular formula is C28H33N7O4. The number of nitrogens with zero attached hydrogens (tertiary/aromatic N) is 6. The van der Waals surface area contributed by atoms with Crippen LogP contribution in [0.4, 0.5) is 11.8 Å². The third-order valence-corrected chi connectivity index (χ3v) is 6.52. The topological polar surface area (TPSA) is 128 Å². The minimum absolute atomic E-state index is 0.129. The molecule has 0 fully saturated rings. The Bertz CT molecular complexity index is 1460. The van der Waals surface area contributed by atoms with E-state index in [1.807, 2.05) is 59.3 Å². The third-order valence-electron chi connectivity index (χ3n) is 6.52. The van der Waals surface area contributed by atoms with Gasteiger partial charge in [0.25, 0.3) is 0 Å². The molecule has 204 valence electrons. The summed E-state index contributed by atoms with van der Waals surface area (Å²) in [5, 5.41) is 17.8. The van der Waals surface area contributed by atoms with Gasteiger partial charge in [-0.2, -0.15) is 10.1 Å². The van der Waals surface area contributed by atoms with Gasteiger partial charge in [0.1, 0.15) is 23.4 Å². The number of aromatic nitrogens is 5. The molecule has 0 saturated heterocycles. The normalized spacial score (nSPS) is 11.7. The van der Waals surface area contributed by atoms with Crippen LogP contribution in [0.25, 0.3) is 22.3 Å². The van der Waals surface area contributed by atoms with Crippen molar-refractivity contribution < 1.29 is 19.4 Å². The summed E-state index contributed by atoms with van der Waals surface area (Å²) in [5.41, 5.74) is 5.44. The molecule has 0 bridgehead atoms. The minimum Gasteiger partial charge on any atom is -0.496 e. The molecule has 3 heterocycles. The Morgan fingerprint density at radius 1 is 1.05 bits per heavy atom. The number of pyridine rings is 1. The van der Waals surface area contributed by atoms with E-state index in [1.54, 1.807) is 42.3 Å². The molecule has 0 aliphatic rings. The fraction of sp³-hybridized carbons (Fsp3) is 0.321. The van der Waals surface area contributed by atoms with Gasteiger partial charge in [0.2, 0.25) is 5.95 Å². The number of benzene rings is 1. The summed E-state index contributed by atoms with van der Waals surface area (Å²) in [5.74, 6) is 1.15. The number of ether oxygens (including phenoxy) is 2. The molecule has 4 rings (SSSR count). The van der Waals surface area contributed by atoms with Gasteiger partial charge in [-0.25, -0.2) is 9.78 Å². The Labute approximate surface area is 227 Å². The van der Waals surface area contributed by atoms with Crippen LogP contribution in [-0.4, -0.2) is 70.2 Å². The monoisotopic (exact) mass is 531 g/mol. The maximum atomic E-state index is 12.4. The van der Waals surface area contributed by atoms with Gasteiger partial charge in [-0.1, -0.05) is 12.1 Å². The lowest BCUT2D eigenvalue weighted by atomic mass is 10.0. The van der Waals surface area contributed by atoms with E-state index < -0.39 is 12.0 Å². The van der Waals surface area contributed by atoms with E-state index in [9.17, 15) is 9.90 Å². The highest BCUT2D eigenvalue weighted by atomic mass is 16.5. The molecule has 1 aromatic carbocycles. The summed E-state index contributed by atoms with van der Waals surface area (Å²) >= 11 is 0. The van der Waals surface area contributed by atoms with Crippen LogP contribution in [0.5, 0.6) is 11.5 Å². The molecule has 0 radical (unpaired) electrons. The molecule has 39 heavy (non-hydrogen) atoms. The van der Waals surface area contributed by atoms with Crippen molar-refractivity contribution in [2.75, 3.05) is 38.5 Å². The van der Waals surface area contributed by atoms with Crippen molar-refractivity contribution >= 4 is 17.7 Å². The number of aryl methyl sites for hydroxylation is 2. The summed E-state index contributed by atoms with van der Waals surface area (Å²) in [6, 6.07) is 8.24. The zero-order valence-electron chi connectivity index (χ0n) is 23.2. The van der Waals surface area contributed by atoms with Crippen LogP contribution in [-0.2, 0) is 18.3 Å². The summed E-state index contributed by atoms with van der Waals surface area (Å²) in [7, 11) is 8.72. The molecule has 11 nitrogen and oxygen atoms in total. The van der Waals surface area contributed by atoms with Gasteiger partial charge in [0, 0.05) is 68.0 Å². The summed E-state index contributed by atoms with van der Waals surface area (Å²) in [6.07, 6.45) is 3.52. The van der Waals surface area contributed by atoms with E-state index in [0.29, 0.717) is 34.5 Å². The Hall–Kier alpha value is -4.67. The summed E-state index contributed by atoms with van der Waals surface area (Å²) in [4.78, 5) is 27.8. The van der Waals surface area contributed by atoms with Crippen molar-refractivity contribution in [2.24, 2.45) is 7.05 Å². The summed E-state index contributed by atoms with van der Waals surface area (Å²) < 4.78 is 12.8. The van der Waals surface area contributed by atoms with Gasteiger partial charge in [-0.3, -0.25) is 9.67 Å². The third kappa shape index (κ3) is 5.62. The van der Waals surface area contributed by atoms with Gasteiger partial charge in [0.05, 0.1) is 25.5 Å². The molecule has 3 aromatic heterocycles. The molecule has 0 saturated carbocycles. The highest BCUT2D eigenvalue weighted by Crippen LogP contribution is 2.38. The summed E-state index contributed by atoms with van der Waals surface area (Å²) in [6.45, 7) is 3.86. The second-order valence-corrected chi connectivity index (χ2v) is 9.31. The number of hydrogen-bond acceptors (Lipinski definition) is 9. The number of nitrogens with one attached hydrogen (secondary N) is 1. The van der Waals surface area contributed by atoms with E-state index in [1.165, 1.54) is 0 Å². The second-order valence-electron chi connectivity index (χ2n) is 9.31. The number of carboxylic acid groups (broad SMARTS) is 1. The number of carbonyl (C=O) groups is 1. The molecule has 0 amide bonds. The van der Waals surface area contributed by atoms with E-state index in [0.717, 1.165) is 28.1 Å². The van der Waals surface area contributed by atoms with Crippen LogP contribution in [0.15, 0.2) is 42.7 Å². The van der Waals surface area contributed by atoms with Gasteiger partial charge in [0.15, 0.2) is 0 Å². The van der Waals surface area contributed by atoms with Crippen molar-refractivity contribution in [3.05, 3.63) is 59.8 Å². The minimum atomic E-state index is -1.03. The van der Waals surface area contributed by atoms with Crippen molar-refractivity contribution in [1.29, 1.82) is 0 Å². The first kappa shape index (κ1) is 27.4. The number of hydrogen-bond donors (Lipinski definition) is 2. The molecule has 1 unspecified atom stereocenters. The highest BCUT2D eigenvalue weighted by molar-refractivity contribution is 5.83. The first-order chi connectivity index (χ1) is 18.6. The molecule has 0 aliphatic heterocycles. The van der Waals surface area contributed by atoms with Gasteiger partial charge < -0.3 is 24.8 Å². The van der Waals surface area contributed by atoms with Gasteiger partial charge in [-0.15, -0.1) is 0 Å². The van der Waals surface area contributed by atoms with E-state index in [4.69, 9.17) is 9.47 Å². The zero-order chi connectivity index (χ0) is 28.3. The van der Waals surface area contributed by atoms with E-state index in [2.05, 4.69) is 25.4 Å². The van der Waals surface area contributed by atoms with Crippen LogP contribution >= 0.6 is 0 Å². The molecule has 0 spiro atoms. The van der Waals surface area contributed by atoms with Gasteiger partial charge >= 0.3 is 5.97 Å². The number of methoxy groups -OCH3 is 2. The average Bonchev–Trinajstić information content (AvgIpc) is 3.18. The smallest absolute Gasteiger partial charge is 0.326 e. The zero-order valence-corrected chi connectivity index (χ0v) is 23.2. The fourth-order valence-electron chi connectivity index (χ4n) is 4.45. The highest BCUT2D eigenvalue weighted by Gasteiger charge is 2.24. The van der Waals surface area contributed by atoms with Crippen LogP contribution in [0, 0.1) is 13.8 Å². The maximum Gasteiger partial charge on any atom is 0.326 e. The standard InChI is InChI=1S/C28H33N7O4/c1-16-24(17(2)35(5)33-16)20-15-30-28(34(3)4)32-26(20)31-21(27(36)37)13-19-12-11-18(14-29-19)25-22(38-6)9-8-10-23(25)39-7/h8-12,14-15,21H,13H2,1-7H3,(H,36,37)(H,30,31,32). The lowest BCUT2D eigenvalue weighted by Crippen LogP contribution is -2.32. The van der Waals surface area contributed by atoms with E-state index in [-0.39, 0.29) is 6.42 Å². The van der Waals surface area contributed by atoms with Crippen LogP contribution in [0.2, 0.25) is 0 Å².